The molecule has 31 heavy (non-hydrogen) atoms. The first-order chi connectivity index (χ1) is 15.1. The van der Waals surface area contributed by atoms with Crippen molar-refractivity contribution in [3.63, 3.8) is 0 Å². The summed E-state index contributed by atoms with van der Waals surface area (Å²) in [6.45, 7) is 6.70. The maximum atomic E-state index is 12.3. The predicted molar refractivity (Wildman–Crippen MR) is 125 cm³/mol. The van der Waals surface area contributed by atoms with Crippen LogP contribution in [0.3, 0.4) is 0 Å². The highest BCUT2D eigenvalue weighted by atomic mass is 16.2. The first-order valence-corrected chi connectivity index (χ1v) is 11.0. The molecule has 2 aromatic carbocycles. The molecule has 0 bridgehead atoms. The molecule has 1 aromatic heterocycles. The van der Waals surface area contributed by atoms with Crippen LogP contribution >= 0.6 is 0 Å². The molecule has 1 unspecified atom stereocenters. The van der Waals surface area contributed by atoms with Gasteiger partial charge in [0.05, 0.1) is 11.4 Å². The van der Waals surface area contributed by atoms with E-state index in [1.807, 2.05) is 41.9 Å². The van der Waals surface area contributed by atoms with Gasteiger partial charge in [-0.2, -0.15) is 5.10 Å². The average molecular weight is 418 g/mol. The summed E-state index contributed by atoms with van der Waals surface area (Å²) in [6, 6.07) is 20.5. The second kappa shape index (κ2) is 9.79. The third-order valence-electron chi connectivity index (χ3n) is 5.86. The van der Waals surface area contributed by atoms with Crippen molar-refractivity contribution < 1.29 is 4.79 Å². The van der Waals surface area contributed by atoms with Crippen LogP contribution in [0.1, 0.15) is 36.2 Å². The minimum Gasteiger partial charge on any atom is -0.336 e. The number of rotatable bonds is 6. The fourth-order valence-electron chi connectivity index (χ4n) is 4.27. The van der Waals surface area contributed by atoms with E-state index in [0.29, 0.717) is 12.6 Å². The number of hydrogen-bond donors (Lipinski definition) is 2. The molecule has 6 heteroatoms. The highest BCUT2D eigenvalue weighted by Crippen LogP contribution is 2.20. The third kappa shape index (κ3) is 5.52. The molecule has 2 N–H and O–H groups in total. The maximum Gasteiger partial charge on any atom is 0.319 e. The average Bonchev–Trinajstić information content (AvgIpc) is 3.12. The molecule has 1 aliphatic heterocycles. The summed E-state index contributed by atoms with van der Waals surface area (Å²) in [4.78, 5) is 14.8. The summed E-state index contributed by atoms with van der Waals surface area (Å²) in [6.07, 6.45) is 3.52. The first kappa shape index (κ1) is 21.1. The molecule has 1 saturated heterocycles. The van der Waals surface area contributed by atoms with Gasteiger partial charge in [0.1, 0.15) is 0 Å². The minimum atomic E-state index is -0.147. The Kier molecular flexibility index (Phi) is 6.67. The SMILES string of the molecule is Cc1cc(C)n(-c2ccc(CN3CCCCC3CNC(=O)Nc3ccccc3)cc2)n1. The molecule has 0 radical (unpaired) electrons. The Labute approximate surface area is 184 Å². The van der Waals surface area contributed by atoms with Gasteiger partial charge in [-0.25, -0.2) is 9.48 Å². The van der Waals surface area contributed by atoms with Gasteiger partial charge in [-0.3, -0.25) is 4.90 Å². The highest BCUT2D eigenvalue weighted by Gasteiger charge is 2.23. The Balaban J connectivity index is 1.34. The van der Waals surface area contributed by atoms with Crippen molar-refractivity contribution in [3.05, 3.63) is 77.6 Å². The van der Waals surface area contributed by atoms with Gasteiger partial charge in [-0.05, 0) is 69.1 Å². The molecule has 1 aliphatic rings. The van der Waals surface area contributed by atoms with Crippen LogP contribution in [-0.2, 0) is 6.54 Å². The molecule has 162 valence electrons. The van der Waals surface area contributed by atoms with Crippen LogP contribution in [0.5, 0.6) is 0 Å². The summed E-state index contributed by atoms with van der Waals surface area (Å²) >= 11 is 0. The molecular weight excluding hydrogens is 386 g/mol. The van der Waals surface area contributed by atoms with Gasteiger partial charge in [0.15, 0.2) is 0 Å². The van der Waals surface area contributed by atoms with E-state index in [4.69, 9.17) is 0 Å². The highest BCUT2D eigenvalue weighted by molar-refractivity contribution is 5.89. The number of aromatic nitrogens is 2. The van der Waals surface area contributed by atoms with E-state index in [-0.39, 0.29) is 6.03 Å². The summed E-state index contributed by atoms with van der Waals surface area (Å²) in [5.41, 5.74) is 5.35. The second-order valence-electron chi connectivity index (χ2n) is 8.33. The van der Waals surface area contributed by atoms with E-state index >= 15 is 0 Å². The minimum absolute atomic E-state index is 0.147. The zero-order valence-corrected chi connectivity index (χ0v) is 18.3. The largest absolute Gasteiger partial charge is 0.336 e. The number of carbonyl (C=O) groups excluding carboxylic acids is 1. The van der Waals surface area contributed by atoms with Crippen molar-refractivity contribution in [1.82, 2.24) is 20.0 Å². The molecule has 6 nitrogen and oxygen atoms in total. The van der Waals surface area contributed by atoms with Gasteiger partial charge in [0.2, 0.25) is 0 Å². The van der Waals surface area contributed by atoms with Gasteiger partial charge >= 0.3 is 6.03 Å². The van der Waals surface area contributed by atoms with Crippen molar-refractivity contribution in [2.24, 2.45) is 0 Å². The van der Waals surface area contributed by atoms with Gasteiger partial charge < -0.3 is 10.6 Å². The van der Waals surface area contributed by atoms with Crippen molar-refractivity contribution >= 4 is 11.7 Å². The number of anilines is 1. The summed E-state index contributed by atoms with van der Waals surface area (Å²) in [5.74, 6) is 0. The van der Waals surface area contributed by atoms with Crippen molar-refractivity contribution in [2.45, 2.75) is 45.7 Å². The van der Waals surface area contributed by atoms with Crippen LogP contribution in [0.15, 0.2) is 60.7 Å². The number of benzene rings is 2. The van der Waals surface area contributed by atoms with E-state index in [1.54, 1.807) is 0 Å². The topological polar surface area (TPSA) is 62.2 Å². The van der Waals surface area contributed by atoms with Gasteiger partial charge in [-0.1, -0.05) is 36.8 Å². The van der Waals surface area contributed by atoms with E-state index in [9.17, 15) is 4.79 Å². The van der Waals surface area contributed by atoms with E-state index in [0.717, 1.165) is 42.3 Å². The molecular formula is C25H31N5O. The Morgan fingerprint density at radius 3 is 2.55 bits per heavy atom. The quantitative estimate of drug-likeness (QED) is 0.613. The number of carbonyl (C=O) groups is 1. The Morgan fingerprint density at radius 2 is 1.84 bits per heavy atom. The Morgan fingerprint density at radius 1 is 1.06 bits per heavy atom. The second-order valence-corrected chi connectivity index (χ2v) is 8.33. The summed E-state index contributed by atoms with van der Waals surface area (Å²) in [7, 11) is 0. The number of likely N-dealkylation sites (tertiary alicyclic amines) is 1. The lowest BCUT2D eigenvalue weighted by atomic mass is 10.0. The zero-order chi connectivity index (χ0) is 21.6. The number of para-hydroxylation sites is 1. The first-order valence-electron chi connectivity index (χ1n) is 11.0. The number of amides is 2. The van der Waals surface area contributed by atoms with Crippen LogP contribution in [0.4, 0.5) is 10.5 Å². The van der Waals surface area contributed by atoms with Crippen LogP contribution in [0.2, 0.25) is 0 Å². The van der Waals surface area contributed by atoms with Crippen LogP contribution in [0, 0.1) is 13.8 Å². The molecule has 2 heterocycles. The lowest BCUT2D eigenvalue weighted by Gasteiger charge is -2.36. The Hall–Kier alpha value is -3.12. The molecule has 1 atom stereocenters. The third-order valence-corrected chi connectivity index (χ3v) is 5.86. The monoisotopic (exact) mass is 417 g/mol. The Bertz CT molecular complexity index is 997. The van der Waals surface area contributed by atoms with Crippen molar-refractivity contribution in [1.29, 1.82) is 0 Å². The molecule has 4 rings (SSSR count). The number of aryl methyl sites for hydroxylation is 2. The smallest absolute Gasteiger partial charge is 0.319 e. The standard InChI is InChI=1S/C25H31N5O/c1-19-16-20(2)30(28-19)23-13-11-21(12-14-23)18-29-15-7-6-10-24(29)17-26-25(31)27-22-8-4-3-5-9-22/h3-5,8-9,11-14,16,24H,6-7,10,15,17-18H2,1-2H3,(H2,26,27,31). The van der Waals surface area contributed by atoms with Crippen LogP contribution < -0.4 is 10.6 Å². The zero-order valence-electron chi connectivity index (χ0n) is 18.3. The molecule has 0 spiro atoms. The molecule has 1 fully saturated rings. The molecule has 0 aliphatic carbocycles. The van der Waals surface area contributed by atoms with E-state index < -0.39 is 0 Å². The number of piperidine rings is 1. The van der Waals surface area contributed by atoms with E-state index in [2.05, 4.69) is 57.9 Å². The fourth-order valence-corrected chi connectivity index (χ4v) is 4.27. The predicted octanol–water partition coefficient (Wildman–Crippen LogP) is 4.67. The number of nitrogens with zero attached hydrogens (tertiary/aromatic N) is 3. The molecule has 0 saturated carbocycles. The van der Waals surface area contributed by atoms with E-state index in [1.165, 1.54) is 18.4 Å². The van der Waals surface area contributed by atoms with Gasteiger partial charge in [-0.15, -0.1) is 0 Å². The lowest BCUT2D eigenvalue weighted by molar-refractivity contribution is 0.139. The number of nitrogens with one attached hydrogen (secondary N) is 2. The van der Waals surface area contributed by atoms with Gasteiger partial charge in [0.25, 0.3) is 0 Å². The summed E-state index contributed by atoms with van der Waals surface area (Å²) < 4.78 is 1.98. The maximum absolute atomic E-state index is 12.3. The lowest BCUT2D eigenvalue weighted by Crippen LogP contribution is -2.47. The molecule has 2 amide bonds. The normalized spacial score (nSPS) is 16.8. The fraction of sp³-hybridized carbons (Fsp3) is 0.360. The molecule has 3 aromatic rings. The van der Waals surface area contributed by atoms with Crippen LogP contribution in [-0.4, -0.2) is 39.8 Å². The van der Waals surface area contributed by atoms with Crippen molar-refractivity contribution in [2.75, 3.05) is 18.4 Å². The number of hydrogen-bond acceptors (Lipinski definition) is 3. The summed E-state index contributed by atoms with van der Waals surface area (Å²) in [5, 5.41) is 10.5. The van der Waals surface area contributed by atoms with Crippen LogP contribution in [0.25, 0.3) is 5.69 Å². The van der Waals surface area contributed by atoms with Crippen molar-refractivity contribution in [3.8, 4) is 5.69 Å². The number of urea groups is 1. The van der Waals surface area contributed by atoms with Gasteiger partial charge in [0, 0.05) is 30.5 Å².